The van der Waals surface area contributed by atoms with Gasteiger partial charge in [0.25, 0.3) is 5.91 Å². The number of aryl methyl sites for hydroxylation is 1. The highest BCUT2D eigenvalue weighted by molar-refractivity contribution is 7.99. The highest BCUT2D eigenvalue weighted by atomic mass is 32.2. The molecule has 8 heteroatoms. The SMILES string of the molecule is Cn1c(SCC(=O)[N+]2(c3ccccc3-n3cccc3)CCC[C@@]2(C)C(N)=O)nc2ccccc21. The molecule has 0 radical (unpaired) electrons. The fourth-order valence-corrected chi connectivity index (χ4v) is 6.25. The van der Waals surface area contributed by atoms with Crippen LogP contribution in [0.2, 0.25) is 0 Å². The molecular weight excluding hydrogens is 446 g/mol. The Balaban J connectivity index is 1.59. The zero-order valence-corrected chi connectivity index (χ0v) is 20.2. The summed E-state index contributed by atoms with van der Waals surface area (Å²) in [7, 11) is 1.96. The summed E-state index contributed by atoms with van der Waals surface area (Å²) >= 11 is 1.40. The van der Waals surface area contributed by atoms with Crippen molar-refractivity contribution in [2.24, 2.45) is 12.8 Å². The first-order valence-electron chi connectivity index (χ1n) is 11.4. The van der Waals surface area contributed by atoms with Crippen molar-refractivity contribution >= 4 is 40.3 Å². The highest BCUT2D eigenvalue weighted by Gasteiger charge is 2.62. The Labute approximate surface area is 202 Å². The van der Waals surface area contributed by atoms with Gasteiger partial charge in [0.1, 0.15) is 11.4 Å². The van der Waals surface area contributed by atoms with Gasteiger partial charge in [0.15, 0.2) is 16.4 Å². The van der Waals surface area contributed by atoms with Crippen molar-refractivity contribution in [1.29, 1.82) is 0 Å². The first-order valence-corrected chi connectivity index (χ1v) is 12.4. The second-order valence-electron chi connectivity index (χ2n) is 8.98. The molecule has 1 aliphatic rings. The molecule has 0 aliphatic carbocycles. The molecule has 174 valence electrons. The second-order valence-corrected chi connectivity index (χ2v) is 9.92. The first kappa shape index (κ1) is 22.4. The lowest BCUT2D eigenvalue weighted by Gasteiger charge is -2.43. The van der Waals surface area contributed by atoms with Crippen LogP contribution in [0.25, 0.3) is 16.7 Å². The molecule has 1 aliphatic heterocycles. The number of fused-ring (bicyclic) bond motifs is 1. The van der Waals surface area contributed by atoms with E-state index in [1.54, 1.807) is 0 Å². The summed E-state index contributed by atoms with van der Waals surface area (Å²) in [6.45, 7) is 2.37. The van der Waals surface area contributed by atoms with Crippen molar-refractivity contribution < 1.29 is 9.59 Å². The van der Waals surface area contributed by atoms with E-state index in [1.807, 2.05) is 96.2 Å². The minimum absolute atomic E-state index is 0.0459. The lowest BCUT2D eigenvalue weighted by molar-refractivity contribution is -0.139. The van der Waals surface area contributed by atoms with E-state index < -0.39 is 11.4 Å². The van der Waals surface area contributed by atoms with Gasteiger partial charge in [-0.3, -0.25) is 4.79 Å². The molecule has 34 heavy (non-hydrogen) atoms. The summed E-state index contributed by atoms with van der Waals surface area (Å²) in [5.41, 5.74) is 8.55. The number of amides is 2. The summed E-state index contributed by atoms with van der Waals surface area (Å²) in [6, 6.07) is 19.6. The van der Waals surface area contributed by atoms with Crippen LogP contribution in [-0.4, -0.2) is 43.8 Å². The summed E-state index contributed by atoms with van der Waals surface area (Å²) in [5.74, 6) is -0.316. The largest absolute Gasteiger partial charge is 0.364 e. The average Bonchev–Trinajstić information content (AvgIpc) is 3.57. The van der Waals surface area contributed by atoms with Gasteiger partial charge in [-0.1, -0.05) is 36.0 Å². The van der Waals surface area contributed by atoms with Crippen LogP contribution in [0.1, 0.15) is 19.8 Å². The predicted octanol–water partition coefficient (Wildman–Crippen LogP) is 4.03. The monoisotopic (exact) mass is 474 g/mol. The molecular formula is C26H28N5O2S+. The smallest absolute Gasteiger partial charge is 0.330 e. The Bertz CT molecular complexity index is 1380. The first-order chi connectivity index (χ1) is 16.4. The molecule has 2 amide bonds. The molecule has 2 aromatic carbocycles. The van der Waals surface area contributed by atoms with E-state index in [4.69, 9.17) is 10.7 Å². The number of aromatic nitrogens is 3. The van der Waals surface area contributed by atoms with E-state index in [0.717, 1.165) is 34.0 Å². The van der Waals surface area contributed by atoms with Crippen molar-refractivity contribution in [3.05, 3.63) is 73.1 Å². The molecule has 1 fully saturated rings. The fraction of sp³-hybridized carbons (Fsp3) is 0.269. The summed E-state index contributed by atoms with van der Waals surface area (Å²) in [5, 5.41) is 0.770. The van der Waals surface area contributed by atoms with Gasteiger partial charge in [0.05, 0.1) is 17.6 Å². The van der Waals surface area contributed by atoms with Gasteiger partial charge in [0.2, 0.25) is 0 Å². The fourth-order valence-electron chi connectivity index (χ4n) is 5.32. The second kappa shape index (κ2) is 8.45. The van der Waals surface area contributed by atoms with Crippen LogP contribution < -0.4 is 10.2 Å². The van der Waals surface area contributed by atoms with Crippen LogP contribution in [0, 0.1) is 0 Å². The lowest BCUT2D eigenvalue weighted by atomic mass is 9.93. The number of nitrogens with zero attached hydrogens (tertiary/aromatic N) is 4. The maximum atomic E-state index is 14.2. The Hall–Kier alpha value is -3.36. The number of quaternary nitrogens is 1. The molecule has 0 saturated carbocycles. The molecule has 3 heterocycles. The Morgan fingerprint density at radius 1 is 1.09 bits per heavy atom. The Kier molecular flexibility index (Phi) is 5.58. The third-order valence-electron chi connectivity index (χ3n) is 7.20. The van der Waals surface area contributed by atoms with Crippen molar-refractivity contribution in [1.82, 2.24) is 18.6 Å². The van der Waals surface area contributed by atoms with Crippen LogP contribution >= 0.6 is 11.8 Å². The third-order valence-corrected chi connectivity index (χ3v) is 8.22. The zero-order valence-electron chi connectivity index (χ0n) is 19.3. The topological polar surface area (TPSA) is 82.9 Å². The van der Waals surface area contributed by atoms with E-state index in [0.29, 0.717) is 13.0 Å². The number of hydrogen-bond acceptors (Lipinski definition) is 4. The van der Waals surface area contributed by atoms with Crippen molar-refractivity contribution in [3.8, 4) is 5.69 Å². The minimum Gasteiger partial charge on any atom is -0.364 e. The Morgan fingerprint density at radius 2 is 1.79 bits per heavy atom. The van der Waals surface area contributed by atoms with Gasteiger partial charge in [-0.2, -0.15) is 0 Å². The molecule has 1 unspecified atom stereocenters. The van der Waals surface area contributed by atoms with Crippen molar-refractivity contribution in [2.45, 2.75) is 30.5 Å². The number of imidazole rings is 1. The highest BCUT2D eigenvalue weighted by Crippen LogP contribution is 2.45. The molecule has 0 spiro atoms. The standard InChI is InChI=1S/C26H27N5O2S/c1-26(24(27)33)14-9-17-31(26,22-13-6-5-12-21(22)30-15-7-8-16-30)23(32)18-34-25-28-19-10-3-4-11-20(19)29(25)2/h3-8,10-13,15-16H,9,14,17-18H2,1-2H3,(H-,27,33)/p+1/t26-,31?/m0/s1. The normalized spacial score (nSPS) is 22.3. The van der Waals surface area contributed by atoms with Crippen molar-refractivity contribution in [3.63, 3.8) is 0 Å². The van der Waals surface area contributed by atoms with Crippen molar-refractivity contribution in [2.75, 3.05) is 12.3 Å². The van der Waals surface area contributed by atoms with Crippen LogP contribution in [0.4, 0.5) is 5.69 Å². The third kappa shape index (κ3) is 3.28. The van der Waals surface area contributed by atoms with E-state index >= 15 is 0 Å². The summed E-state index contributed by atoms with van der Waals surface area (Å²) in [4.78, 5) is 31.8. The van der Waals surface area contributed by atoms with E-state index in [1.165, 1.54) is 11.8 Å². The van der Waals surface area contributed by atoms with E-state index in [2.05, 4.69) is 0 Å². The number of primary amides is 1. The zero-order chi connectivity index (χ0) is 23.9. The quantitative estimate of drug-likeness (QED) is 0.338. The predicted molar refractivity (Wildman–Crippen MR) is 136 cm³/mol. The molecule has 0 bridgehead atoms. The number of hydrogen-bond donors (Lipinski definition) is 1. The molecule has 1 saturated heterocycles. The van der Waals surface area contributed by atoms with Gasteiger partial charge >= 0.3 is 5.91 Å². The number of likely N-dealkylation sites (tertiary alicyclic amines) is 1. The van der Waals surface area contributed by atoms with Gasteiger partial charge < -0.3 is 14.9 Å². The van der Waals surface area contributed by atoms with Gasteiger partial charge in [-0.25, -0.2) is 14.3 Å². The molecule has 2 N–H and O–H groups in total. The van der Waals surface area contributed by atoms with Crippen LogP contribution in [-0.2, 0) is 16.6 Å². The van der Waals surface area contributed by atoms with Gasteiger partial charge in [-0.05, 0) is 30.3 Å². The Morgan fingerprint density at radius 3 is 2.53 bits per heavy atom. The number of carbonyl (C=O) groups excluding carboxylic acids is 2. The molecule has 7 nitrogen and oxygen atoms in total. The average molecular weight is 475 g/mol. The molecule has 5 rings (SSSR count). The van der Waals surface area contributed by atoms with Gasteiger partial charge in [0, 0.05) is 45.3 Å². The summed E-state index contributed by atoms with van der Waals surface area (Å²) < 4.78 is 3.90. The summed E-state index contributed by atoms with van der Waals surface area (Å²) in [6.07, 6.45) is 5.20. The number of nitrogens with two attached hydrogens (primary N) is 1. The van der Waals surface area contributed by atoms with Crippen LogP contribution in [0.15, 0.2) is 78.2 Å². The van der Waals surface area contributed by atoms with Crippen LogP contribution in [0.5, 0.6) is 0 Å². The van der Waals surface area contributed by atoms with E-state index in [9.17, 15) is 9.59 Å². The van der Waals surface area contributed by atoms with Crippen LogP contribution in [0.3, 0.4) is 0 Å². The molecule has 4 aromatic rings. The minimum atomic E-state index is -1.03. The number of benzene rings is 2. The van der Waals surface area contributed by atoms with Gasteiger partial charge in [-0.15, -0.1) is 0 Å². The number of carbonyl (C=O) groups is 2. The van der Waals surface area contributed by atoms with E-state index in [-0.39, 0.29) is 16.1 Å². The molecule has 2 aromatic heterocycles. The number of rotatable bonds is 6. The maximum absolute atomic E-state index is 14.2. The number of para-hydroxylation sites is 4. The maximum Gasteiger partial charge on any atom is 0.330 e. The lowest BCUT2D eigenvalue weighted by Crippen LogP contribution is -2.69. The number of thioether (sulfide) groups is 1. The molecule has 2 atom stereocenters.